The van der Waals surface area contributed by atoms with E-state index in [1.807, 2.05) is 0 Å². The van der Waals surface area contributed by atoms with Gasteiger partial charge >= 0.3 is 0 Å². The van der Waals surface area contributed by atoms with Crippen molar-refractivity contribution in [1.82, 2.24) is 5.32 Å². The number of aromatic hydroxyl groups is 2. The summed E-state index contributed by atoms with van der Waals surface area (Å²) in [5, 5.41) is 21.9. The van der Waals surface area contributed by atoms with Gasteiger partial charge in [-0.2, -0.15) is 0 Å². The van der Waals surface area contributed by atoms with E-state index in [9.17, 15) is 10.2 Å². The monoisotopic (exact) mass is 181 g/mol. The molecule has 0 fully saturated rings. The Bertz CT molecular complexity index is 349. The summed E-state index contributed by atoms with van der Waals surface area (Å²) in [4.78, 5) is 0. The summed E-state index contributed by atoms with van der Waals surface area (Å²) in [5.74, 6) is 0.0734. The molecule has 0 unspecified atom stereocenters. The number of benzene rings is 1. The molecule has 70 valence electrons. The standard InChI is InChI=1S/C9H11NO3/c1-13-9-6-4-10-3-5(6)2-7(11)8(9)12/h2,10-12H,3-4H2,1H3. The van der Waals surface area contributed by atoms with Gasteiger partial charge < -0.3 is 20.3 Å². The highest BCUT2D eigenvalue weighted by Gasteiger charge is 2.21. The van der Waals surface area contributed by atoms with Crippen LogP contribution < -0.4 is 10.1 Å². The van der Waals surface area contributed by atoms with Crippen molar-refractivity contribution >= 4 is 0 Å². The van der Waals surface area contributed by atoms with Gasteiger partial charge in [0.25, 0.3) is 0 Å². The second kappa shape index (κ2) is 2.81. The number of fused-ring (bicyclic) bond motifs is 1. The molecule has 4 heteroatoms. The van der Waals surface area contributed by atoms with Crippen molar-refractivity contribution in [1.29, 1.82) is 0 Å². The summed E-state index contributed by atoms with van der Waals surface area (Å²) >= 11 is 0. The average Bonchev–Trinajstić information content (AvgIpc) is 2.54. The molecule has 2 rings (SSSR count). The first-order valence-electron chi connectivity index (χ1n) is 4.05. The quantitative estimate of drug-likeness (QED) is 0.558. The Labute approximate surface area is 75.8 Å². The second-order valence-electron chi connectivity index (χ2n) is 3.02. The molecular weight excluding hydrogens is 170 g/mol. The minimum Gasteiger partial charge on any atom is -0.504 e. The molecule has 0 spiro atoms. The maximum Gasteiger partial charge on any atom is 0.200 e. The largest absolute Gasteiger partial charge is 0.504 e. The zero-order chi connectivity index (χ0) is 9.42. The predicted octanol–water partition coefficient (Wildman–Crippen LogP) is 0.710. The lowest BCUT2D eigenvalue weighted by Crippen LogP contribution is -2.00. The first kappa shape index (κ1) is 8.19. The highest BCUT2D eigenvalue weighted by Crippen LogP contribution is 2.41. The van der Waals surface area contributed by atoms with Gasteiger partial charge in [-0.25, -0.2) is 0 Å². The smallest absolute Gasteiger partial charge is 0.200 e. The lowest BCUT2D eigenvalue weighted by atomic mass is 10.1. The summed E-state index contributed by atoms with van der Waals surface area (Å²) in [5.41, 5.74) is 1.91. The molecule has 0 atom stereocenters. The van der Waals surface area contributed by atoms with Crippen molar-refractivity contribution in [2.45, 2.75) is 13.1 Å². The fourth-order valence-corrected chi connectivity index (χ4v) is 1.62. The van der Waals surface area contributed by atoms with E-state index in [1.165, 1.54) is 7.11 Å². The molecule has 0 aromatic heterocycles. The van der Waals surface area contributed by atoms with Crippen LogP contribution >= 0.6 is 0 Å². The molecule has 0 radical (unpaired) electrons. The fraction of sp³-hybridized carbons (Fsp3) is 0.333. The van der Waals surface area contributed by atoms with Gasteiger partial charge in [-0.3, -0.25) is 0 Å². The molecule has 1 heterocycles. The van der Waals surface area contributed by atoms with Gasteiger partial charge in [0.2, 0.25) is 5.75 Å². The summed E-state index contributed by atoms with van der Waals surface area (Å²) in [7, 11) is 1.48. The number of ether oxygens (including phenoxy) is 1. The van der Waals surface area contributed by atoms with Crippen LogP contribution in [-0.4, -0.2) is 17.3 Å². The Morgan fingerprint density at radius 1 is 1.38 bits per heavy atom. The van der Waals surface area contributed by atoms with Gasteiger partial charge in [0, 0.05) is 18.7 Å². The zero-order valence-electron chi connectivity index (χ0n) is 7.29. The molecule has 0 aliphatic carbocycles. The summed E-state index contributed by atoms with van der Waals surface area (Å²) in [6.07, 6.45) is 0. The molecule has 1 aromatic carbocycles. The van der Waals surface area contributed by atoms with Crippen LogP contribution in [-0.2, 0) is 13.1 Å². The summed E-state index contributed by atoms with van der Waals surface area (Å²) in [6, 6.07) is 1.56. The van der Waals surface area contributed by atoms with E-state index in [4.69, 9.17) is 4.74 Å². The average molecular weight is 181 g/mol. The van der Waals surface area contributed by atoms with Crippen molar-refractivity contribution in [3.63, 3.8) is 0 Å². The van der Waals surface area contributed by atoms with Crippen LogP contribution in [0.15, 0.2) is 6.07 Å². The highest BCUT2D eigenvalue weighted by atomic mass is 16.5. The first-order chi connectivity index (χ1) is 6.24. The molecular formula is C9H11NO3. The molecule has 0 saturated carbocycles. The van der Waals surface area contributed by atoms with E-state index in [-0.39, 0.29) is 11.5 Å². The third-order valence-electron chi connectivity index (χ3n) is 2.25. The Balaban J connectivity index is 2.64. The number of phenols is 2. The SMILES string of the molecule is COc1c(O)c(O)cc2c1CNC2. The molecule has 0 bridgehead atoms. The van der Waals surface area contributed by atoms with Crippen molar-refractivity contribution in [2.24, 2.45) is 0 Å². The van der Waals surface area contributed by atoms with E-state index in [1.54, 1.807) is 6.07 Å². The minimum atomic E-state index is -0.176. The van der Waals surface area contributed by atoms with Gasteiger partial charge in [0.1, 0.15) is 0 Å². The number of nitrogens with one attached hydrogen (secondary N) is 1. The van der Waals surface area contributed by atoms with E-state index in [0.717, 1.165) is 11.1 Å². The zero-order valence-corrected chi connectivity index (χ0v) is 7.29. The minimum absolute atomic E-state index is 0.126. The van der Waals surface area contributed by atoms with E-state index < -0.39 is 0 Å². The van der Waals surface area contributed by atoms with Crippen LogP contribution in [0.5, 0.6) is 17.2 Å². The molecule has 3 N–H and O–H groups in total. The van der Waals surface area contributed by atoms with Crippen molar-refractivity contribution in [2.75, 3.05) is 7.11 Å². The third-order valence-corrected chi connectivity index (χ3v) is 2.25. The maximum absolute atomic E-state index is 9.46. The second-order valence-corrected chi connectivity index (χ2v) is 3.02. The lowest BCUT2D eigenvalue weighted by molar-refractivity contribution is 0.348. The third kappa shape index (κ3) is 1.10. The molecule has 4 nitrogen and oxygen atoms in total. The van der Waals surface area contributed by atoms with E-state index in [0.29, 0.717) is 18.8 Å². The van der Waals surface area contributed by atoms with Crippen molar-refractivity contribution in [3.05, 3.63) is 17.2 Å². The molecule has 1 aromatic rings. The molecule has 13 heavy (non-hydrogen) atoms. The normalized spacial score (nSPS) is 14.2. The Morgan fingerprint density at radius 2 is 2.15 bits per heavy atom. The van der Waals surface area contributed by atoms with Gasteiger partial charge in [-0.15, -0.1) is 0 Å². The van der Waals surface area contributed by atoms with Crippen LogP contribution in [0.4, 0.5) is 0 Å². The molecule has 0 amide bonds. The van der Waals surface area contributed by atoms with Gasteiger partial charge in [-0.1, -0.05) is 0 Å². The Hall–Kier alpha value is -1.42. The number of hydrogen-bond donors (Lipinski definition) is 3. The Morgan fingerprint density at radius 3 is 2.85 bits per heavy atom. The Kier molecular flexibility index (Phi) is 1.77. The number of methoxy groups -OCH3 is 1. The van der Waals surface area contributed by atoms with Gasteiger partial charge in [-0.05, 0) is 11.6 Å². The van der Waals surface area contributed by atoms with Crippen LogP contribution in [0.1, 0.15) is 11.1 Å². The number of phenolic OH excluding ortho intramolecular Hbond substituents is 2. The van der Waals surface area contributed by atoms with Gasteiger partial charge in [0.15, 0.2) is 11.5 Å². The predicted molar refractivity (Wildman–Crippen MR) is 46.9 cm³/mol. The van der Waals surface area contributed by atoms with Crippen LogP contribution in [0.25, 0.3) is 0 Å². The highest BCUT2D eigenvalue weighted by molar-refractivity contribution is 5.58. The lowest BCUT2D eigenvalue weighted by Gasteiger charge is -2.09. The van der Waals surface area contributed by atoms with Crippen molar-refractivity contribution < 1.29 is 14.9 Å². The maximum atomic E-state index is 9.46. The molecule has 1 aliphatic rings. The topological polar surface area (TPSA) is 61.7 Å². The van der Waals surface area contributed by atoms with E-state index >= 15 is 0 Å². The van der Waals surface area contributed by atoms with E-state index in [2.05, 4.69) is 5.32 Å². The van der Waals surface area contributed by atoms with Crippen LogP contribution in [0.3, 0.4) is 0 Å². The molecule has 0 saturated heterocycles. The fourth-order valence-electron chi connectivity index (χ4n) is 1.62. The van der Waals surface area contributed by atoms with Crippen LogP contribution in [0, 0.1) is 0 Å². The summed E-state index contributed by atoms with van der Waals surface area (Å²) < 4.78 is 5.02. The number of hydrogen-bond acceptors (Lipinski definition) is 4. The summed E-state index contributed by atoms with van der Waals surface area (Å²) in [6.45, 7) is 1.38. The van der Waals surface area contributed by atoms with Crippen molar-refractivity contribution in [3.8, 4) is 17.2 Å². The molecule has 1 aliphatic heterocycles. The van der Waals surface area contributed by atoms with Crippen LogP contribution in [0.2, 0.25) is 0 Å². The number of rotatable bonds is 1. The van der Waals surface area contributed by atoms with Gasteiger partial charge in [0.05, 0.1) is 7.11 Å². The first-order valence-corrected chi connectivity index (χ1v) is 4.05.